The van der Waals surface area contributed by atoms with Gasteiger partial charge in [-0.1, -0.05) is 6.07 Å². The Morgan fingerprint density at radius 3 is 2.94 bits per heavy atom. The Labute approximate surface area is 96.9 Å². The molecule has 0 aliphatic rings. The van der Waals surface area contributed by atoms with E-state index in [0.29, 0.717) is 6.54 Å². The number of nitrogens with zero attached hydrogens (tertiary/aromatic N) is 2. The van der Waals surface area contributed by atoms with Crippen molar-refractivity contribution in [2.45, 2.75) is 13.0 Å². The molecule has 1 aromatic rings. The van der Waals surface area contributed by atoms with Crippen LogP contribution in [0.3, 0.4) is 0 Å². The third-order valence-corrected chi connectivity index (χ3v) is 2.37. The Hall–Kier alpha value is -0.970. The van der Waals surface area contributed by atoms with Crippen molar-refractivity contribution in [2.75, 3.05) is 33.4 Å². The summed E-state index contributed by atoms with van der Waals surface area (Å²) in [6.45, 7) is 3.40. The van der Waals surface area contributed by atoms with Gasteiger partial charge in [0.15, 0.2) is 0 Å². The summed E-state index contributed by atoms with van der Waals surface area (Å²) >= 11 is 0. The van der Waals surface area contributed by atoms with Gasteiger partial charge in [-0.05, 0) is 18.1 Å². The molecular formula is C12H20N2O2. The zero-order chi connectivity index (χ0) is 11.6. The van der Waals surface area contributed by atoms with Crippen molar-refractivity contribution in [3.8, 4) is 0 Å². The topological polar surface area (TPSA) is 45.6 Å². The summed E-state index contributed by atoms with van der Waals surface area (Å²) in [6.07, 6.45) is 4.61. The average Bonchev–Trinajstić information content (AvgIpc) is 2.31. The lowest BCUT2D eigenvalue weighted by Crippen LogP contribution is -2.28. The molecule has 0 radical (unpaired) electrons. The van der Waals surface area contributed by atoms with Gasteiger partial charge in [-0.3, -0.25) is 9.88 Å². The van der Waals surface area contributed by atoms with E-state index in [1.165, 1.54) is 5.56 Å². The SMILES string of the molecule is COCCCN(CCO)Cc1cccnc1. The Bertz CT molecular complexity index is 267. The second-order valence-corrected chi connectivity index (χ2v) is 3.71. The van der Waals surface area contributed by atoms with E-state index in [4.69, 9.17) is 9.84 Å². The summed E-state index contributed by atoms with van der Waals surface area (Å²) < 4.78 is 5.02. The third-order valence-electron chi connectivity index (χ3n) is 2.37. The van der Waals surface area contributed by atoms with Crippen molar-refractivity contribution in [3.05, 3.63) is 30.1 Å². The Morgan fingerprint density at radius 1 is 1.44 bits per heavy atom. The van der Waals surface area contributed by atoms with Crippen LogP contribution in [0.4, 0.5) is 0 Å². The van der Waals surface area contributed by atoms with Gasteiger partial charge in [0, 0.05) is 45.7 Å². The lowest BCUT2D eigenvalue weighted by atomic mass is 10.2. The molecule has 1 aromatic heterocycles. The van der Waals surface area contributed by atoms with Crippen LogP contribution in [-0.2, 0) is 11.3 Å². The first-order valence-corrected chi connectivity index (χ1v) is 5.58. The summed E-state index contributed by atoms with van der Waals surface area (Å²) in [6, 6.07) is 3.98. The van der Waals surface area contributed by atoms with E-state index in [0.717, 1.165) is 26.1 Å². The van der Waals surface area contributed by atoms with Crippen LogP contribution in [0.25, 0.3) is 0 Å². The number of aromatic nitrogens is 1. The maximum absolute atomic E-state index is 8.98. The van der Waals surface area contributed by atoms with E-state index in [1.54, 1.807) is 13.3 Å². The van der Waals surface area contributed by atoms with E-state index >= 15 is 0 Å². The van der Waals surface area contributed by atoms with Crippen LogP contribution in [0.1, 0.15) is 12.0 Å². The first kappa shape index (κ1) is 13.1. The summed E-state index contributed by atoms with van der Waals surface area (Å²) in [4.78, 5) is 6.28. The van der Waals surface area contributed by atoms with Crippen molar-refractivity contribution in [1.82, 2.24) is 9.88 Å². The number of hydrogen-bond acceptors (Lipinski definition) is 4. The smallest absolute Gasteiger partial charge is 0.0558 e. The van der Waals surface area contributed by atoms with Crippen molar-refractivity contribution in [1.29, 1.82) is 0 Å². The number of methoxy groups -OCH3 is 1. The van der Waals surface area contributed by atoms with Gasteiger partial charge in [-0.15, -0.1) is 0 Å². The fourth-order valence-corrected chi connectivity index (χ4v) is 1.59. The second kappa shape index (κ2) is 8.21. The number of hydrogen-bond donors (Lipinski definition) is 1. The number of rotatable bonds is 8. The van der Waals surface area contributed by atoms with Crippen LogP contribution >= 0.6 is 0 Å². The van der Waals surface area contributed by atoms with E-state index in [1.807, 2.05) is 18.3 Å². The highest BCUT2D eigenvalue weighted by atomic mass is 16.5. The van der Waals surface area contributed by atoms with Crippen LogP contribution < -0.4 is 0 Å². The van der Waals surface area contributed by atoms with Gasteiger partial charge >= 0.3 is 0 Å². The molecule has 0 atom stereocenters. The molecule has 0 fully saturated rings. The first-order chi connectivity index (χ1) is 7.86. The van der Waals surface area contributed by atoms with Gasteiger partial charge in [0.25, 0.3) is 0 Å². The van der Waals surface area contributed by atoms with E-state index in [2.05, 4.69) is 9.88 Å². The minimum Gasteiger partial charge on any atom is -0.395 e. The van der Waals surface area contributed by atoms with Crippen LogP contribution in [0, 0.1) is 0 Å². The molecule has 0 spiro atoms. The molecular weight excluding hydrogens is 204 g/mol. The predicted octanol–water partition coefficient (Wildman–Crippen LogP) is 0.912. The third kappa shape index (κ3) is 5.21. The lowest BCUT2D eigenvalue weighted by Gasteiger charge is -2.20. The average molecular weight is 224 g/mol. The Kier molecular flexibility index (Phi) is 6.72. The molecule has 0 amide bonds. The molecule has 0 aliphatic heterocycles. The molecule has 0 unspecified atom stereocenters. The lowest BCUT2D eigenvalue weighted by molar-refractivity contribution is 0.152. The second-order valence-electron chi connectivity index (χ2n) is 3.71. The number of ether oxygens (including phenoxy) is 1. The van der Waals surface area contributed by atoms with Crippen LogP contribution in [0.2, 0.25) is 0 Å². The van der Waals surface area contributed by atoms with Gasteiger partial charge in [0.05, 0.1) is 6.61 Å². The molecule has 1 N–H and O–H groups in total. The van der Waals surface area contributed by atoms with Crippen molar-refractivity contribution in [3.63, 3.8) is 0 Å². The van der Waals surface area contributed by atoms with Crippen LogP contribution in [0.5, 0.6) is 0 Å². The van der Waals surface area contributed by atoms with Gasteiger partial charge in [0.2, 0.25) is 0 Å². The number of pyridine rings is 1. The molecule has 1 rings (SSSR count). The van der Waals surface area contributed by atoms with Gasteiger partial charge < -0.3 is 9.84 Å². The van der Waals surface area contributed by atoms with E-state index < -0.39 is 0 Å². The first-order valence-electron chi connectivity index (χ1n) is 5.58. The zero-order valence-corrected chi connectivity index (χ0v) is 9.80. The molecule has 0 saturated heterocycles. The summed E-state index contributed by atoms with van der Waals surface area (Å²) in [5.74, 6) is 0. The fourth-order valence-electron chi connectivity index (χ4n) is 1.59. The molecule has 1 heterocycles. The molecule has 0 aliphatic carbocycles. The van der Waals surface area contributed by atoms with Crippen LogP contribution in [-0.4, -0.2) is 48.4 Å². The molecule has 16 heavy (non-hydrogen) atoms. The Balaban J connectivity index is 2.38. The maximum atomic E-state index is 8.98. The van der Waals surface area contributed by atoms with Crippen molar-refractivity contribution in [2.24, 2.45) is 0 Å². The molecule has 0 aromatic carbocycles. The van der Waals surface area contributed by atoms with E-state index in [9.17, 15) is 0 Å². The molecule has 0 bridgehead atoms. The molecule has 4 heteroatoms. The molecule has 4 nitrogen and oxygen atoms in total. The molecule has 90 valence electrons. The van der Waals surface area contributed by atoms with Gasteiger partial charge in [-0.2, -0.15) is 0 Å². The zero-order valence-electron chi connectivity index (χ0n) is 9.80. The van der Waals surface area contributed by atoms with Crippen molar-refractivity contribution < 1.29 is 9.84 Å². The molecule has 0 saturated carbocycles. The largest absolute Gasteiger partial charge is 0.395 e. The minimum atomic E-state index is 0.188. The summed E-state index contributed by atoms with van der Waals surface area (Å²) in [5.41, 5.74) is 1.17. The standard InChI is InChI=1S/C12H20N2O2/c1-16-9-3-6-14(7-8-15)11-12-4-2-5-13-10-12/h2,4-5,10,15H,3,6-9,11H2,1H3. The quantitative estimate of drug-likeness (QED) is 0.667. The monoisotopic (exact) mass is 224 g/mol. The van der Waals surface area contributed by atoms with Gasteiger partial charge in [0.1, 0.15) is 0 Å². The highest BCUT2D eigenvalue weighted by molar-refractivity contribution is 5.08. The fraction of sp³-hybridized carbons (Fsp3) is 0.583. The normalized spacial score (nSPS) is 10.9. The number of aliphatic hydroxyl groups excluding tert-OH is 1. The van der Waals surface area contributed by atoms with Gasteiger partial charge in [-0.25, -0.2) is 0 Å². The predicted molar refractivity (Wildman–Crippen MR) is 63.1 cm³/mol. The maximum Gasteiger partial charge on any atom is 0.0558 e. The van der Waals surface area contributed by atoms with Crippen molar-refractivity contribution >= 4 is 0 Å². The van der Waals surface area contributed by atoms with E-state index in [-0.39, 0.29) is 6.61 Å². The highest BCUT2D eigenvalue weighted by Crippen LogP contribution is 2.03. The van der Waals surface area contributed by atoms with Crippen LogP contribution in [0.15, 0.2) is 24.5 Å². The summed E-state index contributed by atoms with van der Waals surface area (Å²) in [7, 11) is 1.71. The highest BCUT2D eigenvalue weighted by Gasteiger charge is 2.04. The number of aliphatic hydroxyl groups is 1. The summed E-state index contributed by atoms with van der Waals surface area (Å²) in [5, 5.41) is 8.98. The Morgan fingerprint density at radius 2 is 2.31 bits per heavy atom. The minimum absolute atomic E-state index is 0.188.